The predicted octanol–water partition coefficient (Wildman–Crippen LogP) is 3.39. The van der Waals surface area contributed by atoms with Crippen molar-refractivity contribution in [1.29, 1.82) is 0 Å². The standard InChI is InChI=1S/C16H14BrNO5/c1-9(19)23-15-5-3-12(7-13(15)16(21)22)18-8-10-6-11(17)2-4-14(10)20/h2-7,18,20H,8H2,1H3,(H,21,22). The minimum Gasteiger partial charge on any atom is -0.508 e. The number of carboxylic acids is 1. The molecule has 0 saturated heterocycles. The third-order valence-corrected chi connectivity index (χ3v) is 3.48. The van der Waals surface area contributed by atoms with E-state index in [0.717, 1.165) is 4.47 Å². The van der Waals surface area contributed by atoms with Crippen molar-refractivity contribution in [3.05, 3.63) is 52.0 Å². The Bertz CT molecular complexity index is 760. The second-order valence-electron chi connectivity index (χ2n) is 4.74. The number of aromatic carboxylic acids is 1. The number of aromatic hydroxyl groups is 1. The molecule has 0 heterocycles. The Labute approximate surface area is 140 Å². The molecule has 7 heteroatoms. The molecule has 0 radical (unpaired) electrons. The molecule has 0 spiro atoms. The molecule has 3 N–H and O–H groups in total. The quantitative estimate of drug-likeness (QED) is 0.544. The molecule has 2 rings (SSSR count). The van der Waals surface area contributed by atoms with E-state index in [4.69, 9.17) is 4.74 Å². The van der Waals surface area contributed by atoms with Crippen LogP contribution in [0, 0.1) is 0 Å². The van der Waals surface area contributed by atoms with Crippen LogP contribution in [0.2, 0.25) is 0 Å². The van der Waals surface area contributed by atoms with Crippen LogP contribution in [0.3, 0.4) is 0 Å². The number of anilines is 1. The number of halogens is 1. The second-order valence-corrected chi connectivity index (χ2v) is 5.65. The van der Waals surface area contributed by atoms with Crippen LogP contribution in [-0.4, -0.2) is 22.2 Å². The molecular formula is C16H14BrNO5. The fourth-order valence-corrected chi connectivity index (χ4v) is 2.35. The Morgan fingerprint density at radius 3 is 2.61 bits per heavy atom. The highest BCUT2D eigenvalue weighted by atomic mass is 79.9. The Hall–Kier alpha value is -2.54. The summed E-state index contributed by atoms with van der Waals surface area (Å²) in [5.41, 5.74) is 1.06. The topological polar surface area (TPSA) is 95.9 Å². The zero-order chi connectivity index (χ0) is 17.0. The number of hydrogen-bond donors (Lipinski definition) is 3. The molecule has 2 aromatic carbocycles. The molecule has 0 aliphatic carbocycles. The summed E-state index contributed by atoms with van der Waals surface area (Å²) in [5, 5.41) is 22.0. The lowest BCUT2D eigenvalue weighted by Crippen LogP contribution is -2.08. The molecule has 0 aromatic heterocycles. The van der Waals surface area contributed by atoms with E-state index in [9.17, 15) is 19.8 Å². The molecule has 0 amide bonds. The first-order valence-electron chi connectivity index (χ1n) is 6.64. The Kier molecular flexibility index (Phi) is 5.23. The molecule has 23 heavy (non-hydrogen) atoms. The number of phenolic OH excluding ortho intramolecular Hbond substituents is 1. The van der Waals surface area contributed by atoms with Gasteiger partial charge in [-0.05, 0) is 36.4 Å². The molecule has 0 saturated carbocycles. The summed E-state index contributed by atoms with van der Waals surface area (Å²) >= 11 is 3.32. The van der Waals surface area contributed by atoms with Crippen LogP contribution in [0.1, 0.15) is 22.8 Å². The van der Waals surface area contributed by atoms with Gasteiger partial charge in [0.25, 0.3) is 0 Å². The lowest BCUT2D eigenvalue weighted by atomic mass is 10.1. The number of hydrogen-bond acceptors (Lipinski definition) is 5. The van der Waals surface area contributed by atoms with E-state index in [0.29, 0.717) is 17.8 Å². The minimum absolute atomic E-state index is 0.0131. The van der Waals surface area contributed by atoms with Gasteiger partial charge < -0.3 is 20.3 Å². The maximum atomic E-state index is 11.3. The lowest BCUT2D eigenvalue weighted by Gasteiger charge is -2.11. The first-order valence-corrected chi connectivity index (χ1v) is 7.43. The van der Waals surface area contributed by atoms with Gasteiger partial charge in [-0.25, -0.2) is 4.79 Å². The van der Waals surface area contributed by atoms with E-state index in [1.807, 2.05) is 0 Å². The van der Waals surface area contributed by atoms with Gasteiger partial charge in [0.15, 0.2) is 0 Å². The predicted molar refractivity (Wildman–Crippen MR) is 87.8 cm³/mol. The average molecular weight is 380 g/mol. The zero-order valence-electron chi connectivity index (χ0n) is 12.2. The van der Waals surface area contributed by atoms with E-state index < -0.39 is 11.9 Å². The summed E-state index contributed by atoms with van der Waals surface area (Å²) in [6.07, 6.45) is 0. The number of carbonyl (C=O) groups excluding carboxylic acids is 1. The third-order valence-electron chi connectivity index (χ3n) is 2.99. The van der Waals surface area contributed by atoms with E-state index >= 15 is 0 Å². The fourth-order valence-electron chi connectivity index (χ4n) is 1.94. The van der Waals surface area contributed by atoms with Crippen molar-refractivity contribution in [2.45, 2.75) is 13.5 Å². The fraction of sp³-hybridized carbons (Fsp3) is 0.125. The molecule has 0 aliphatic rings. The van der Waals surface area contributed by atoms with Gasteiger partial charge in [-0.2, -0.15) is 0 Å². The summed E-state index contributed by atoms with van der Waals surface area (Å²) in [5.74, 6) is -1.67. The Morgan fingerprint density at radius 1 is 1.22 bits per heavy atom. The number of rotatable bonds is 5. The molecule has 2 aromatic rings. The van der Waals surface area contributed by atoms with Gasteiger partial charge in [-0.3, -0.25) is 4.79 Å². The van der Waals surface area contributed by atoms with Gasteiger partial charge >= 0.3 is 11.9 Å². The number of benzene rings is 2. The minimum atomic E-state index is -1.20. The first kappa shape index (κ1) is 16.8. The normalized spacial score (nSPS) is 10.2. The first-order chi connectivity index (χ1) is 10.9. The number of esters is 1. The van der Waals surface area contributed by atoms with Crippen molar-refractivity contribution in [2.24, 2.45) is 0 Å². The maximum Gasteiger partial charge on any atom is 0.339 e. The van der Waals surface area contributed by atoms with E-state index in [2.05, 4.69) is 21.2 Å². The molecule has 0 bridgehead atoms. The van der Waals surface area contributed by atoms with Crippen LogP contribution in [0.4, 0.5) is 5.69 Å². The summed E-state index contributed by atoms with van der Waals surface area (Å²) in [6, 6.07) is 9.42. The van der Waals surface area contributed by atoms with Crippen molar-refractivity contribution in [1.82, 2.24) is 0 Å². The third kappa shape index (κ3) is 4.46. The van der Waals surface area contributed by atoms with Crippen molar-refractivity contribution in [3.63, 3.8) is 0 Å². The highest BCUT2D eigenvalue weighted by molar-refractivity contribution is 9.10. The van der Waals surface area contributed by atoms with Gasteiger partial charge in [0.1, 0.15) is 17.1 Å². The number of carboxylic acid groups (broad SMARTS) is 1. The summed E-state index contributed by atoms with van der Waals surface area (Å²) in [7, 11) is 0. The van der Waals surface area contributed by atoms with Crippen molar-refractivity contribution >= 4 is 33.6 Å². The van der Waals surface area contributed by atoms with Crippen LogP contribution in [0.25, 0.3) is 0 Å². The van der Waals surface area contributed by atoms with Crippen LogP contribution in [-0.2, 0) is 11.3 Å². The lowest BCUT2D eigenvalue weighted by molar-refractivity contribution is -0.131. The number of ether oxygens (including phenoxy) is 1. The van der Waals surface area contributed by atoms with Crippen molar-refractivity contribution < 1.29 is 24.5 Å². The molecule has 0 aliphatic heterocycles. The molecule has 120 valence electrons. The molecule has 0 fully saturated rings. The van der Waals surface area contributed by atoms with Crippen LogP contribution in [0.5, 0.6) is 11.5 Å². The number of nitrogens with one attached hydrogen (secondary N) is 1. The van der Waals surface area contributed by atoms with Gasteiger partial charge in [-0.1, -0.05) is 15.9 Å². The Morgan fingerprint density at radius 2 is 1.96 bits per heavy atom. The molecule has 0 atom stereocenters. The summed E-state index contributed by atoms with van der Waals surface area (Å²) < 4.78 is 5.69. The van der Waals surface area contributed by atoms with E-state index in [1.54, 1.807) is 24.3 Å². The van der Waals surface area contributed by atoms with Gasteiger partial charge in [0.05, 0.1) is 0 Å². The average Bonchev–Trinajstić information content (AvgIpc) is 2.48. The Balaban J connectivity index is 2.20. The largest absolute Gasteiger partial charge is 0.508 e. The smallest absolute Gasteiger partial charge is 0.339 e. The van der Waals surface area contributed by atoms with Crippen molar-refractivity contribution in [2.75, 3.05) is 5.32 Å². The highest BCUT2D eigenvalue weighted by Crippen LogP contribution is 2.26. The summed E-state index contributed by atoms with van der Waals surface area (Å²) in [4.78, 5) is 22.3. The van der Waals surface area contributed by atoms with Crippen molar-refractivity contribution in [3.8, 4) is 11.5 Å². The zero-order valence-corrected chi connectivity index (χ0v) is 13.8. The van der Waals surface area contributed by atoms with Crippen LogP contribution >= 0.6 is 15.9 Å². The summed E-state index contributed by atoms with van der Waals surface area (Å²) in [6.45, 7) is 1.51. The maximum absolute atomic E-state index is 11.3. The number of carbonyl (C=O) groups is 2. The van der Waals surface area contributed by atoms with Crippen LogP contribution < -0.4 is 10.1 Å². The molecule has 6 nitrogen and oxygen atoms in total. The second kappa shape index (κ2) is 7.15. The van der Waals surface area contributed by atoms with Crippen LogP contribution in [0.15, 0.2) is 40.9 Å². The monoisotopic (exact) mass is 379 g/mol. The van der Waals surface area contributed by atoms with E-state index in [1.165, 1.54) is 19.1 Å². The van der Waals surface area contributed by atoms with Gasteiger partial charge in [0.2, 0.25) is 0 Å². The van der Waals surface area contributed by atoms with Gasteiger partial charge in [-0.15, -0.1) is 0 Å². The highest BCUT2D eigenvalue weighted by Gasteiger charge is 2.14. The van der Waals surface area contributed by atoms with Gasteiger partial charge in [0, 0.05) is 29.2 Å². The molecular weight excluding hydrogens is 366 g/mol. The number of phenols is 1. The van der Waals surface area contributed by atoms with E-state index in [-0.39, 0.29) is 17.1 Å². The SMILES string of the molecule is CC(=O)Oc1ccc(NCc2cc(Br)ccc2O)cc1C(=O)O. The molecule has 0 unspecified atom stereocenters.